The van der Waals surface area contributed by atoms with Crippen molar-refractivity contribution in [2.45, 2.75) is 51.0 Å². The Labute approximate surface area is 223 Å². The Morgan fingerprint density at radius 3 is 2.76 bits per heavy atom. The Kier molecular flexibility index (Phi) is 7.63. The summed E-state index contributed by atoms with van der Waals surface area (Å²) in [6.45, 7) is 2.95. The number of pyridine rings is 1. The average molecular weight is 552 g/mol. The molecule has 0 saturated carbocycles. The van der Waals surface area contributed by atoms with E-state index in [0.717, 1.165) is 37.5 Å². The lowest BCUT2D eigenvalue weighted by atomic mass is 9.92. The van der Waals surface area contributed by atoms with Gasteiger partial charge in [-0.3, -0.25) is 4.90 Å². The summed E-state index contributed by atoms with van der Waals surface area (Å²) in [5, 5.41) is 9.63. The molecule has 0 fully saturated rings. The van der Waals surface area contributed by atoms with E-state index in [9.17, 15) is 18.3 Å². The maximum atomic E-state index is 13.2. The summed E-state index contributed by atoms with van der Waals surface area (Å²) in [5.41, 5.74) is 4.64. The molecule has 0 spiro atoms. The van der Waals surface area contributed by atoms with E-state index in [1.54, 1.807) is 6.07 Å². The second kappa shape index (κ2) is 10.8. The molecule has 2 aromatic heterocycles. The van der Waals surface area contributed by atoms with Gasteiger partial charge in [-0.25, -0.2) is 14.1 Å². The van der Waals surface area contributed by atoms with E-state index in [4.69, 9.17) is 23.2 Å². The van der Waals surface area contributed by atoms with Crippen molar-refractivity contribution in [1.82, 2.24) is 14.5 Å². The highest BCUT2D eigenvalue weighted by atomic mass is 35.5. The molecule has 3 heterocycles. The number of hydrogen-bond acceptors (Lipinski definition) is 3. The second-order valence-electron chi connectivity index (χ2n) is 9.59. The topological polar surface area (TPSA) is 45.2 Å². The van der Waals surface area contributed by atoms with Crippen molar-refractivity contribution in [3.05, 3.63) is 87.2 Å². The van der Waals surface area contributed by atoms with E-state index in [0.29, 0.717) is 25.1 Å². The Bertz CT molecular complexity index is 1320. The molecule has 1 aliphatic heterocycles. The Balaban J connectivity index is 1.35. The molecule has 2 aliphatic rings. The summed E-state index contributed by atoms with van der Waals surface area (Å²) in [4.78, 5) is 6.23. The Morgan fingerprint density at radius 1 is 1.14 bits per heavy atom. The van der Waals surface area contributed by atoms with E-state index in [2.05, 4.69) is 26.6 Å². The number of aromatic nitrogens is 3. The number of aryl methyl sites for hydroxylation is 1. The first-order chi connectivity index (χ1) is 17.7. The van der Waals surface area contributed by atoms with Crippen LogP contribution in [0.4, 0.5) is 13.2 Å². The first-order valence-corrected chi connectivity index (χ1v) is 13.1. The Morgan fingerprint density at radius 2 is 1.97 bits per heavy atom. The zero-order valence-electron chi connectivity index (χ0n) is 20.2. The largest absolute Gasteiger partial charge is 0.434 e. The lowest BCUT2D eigenvalue weighted by Gasteiger charge is -2.36. The number of rotatable bonds is 8. The molecule has 3 aromatic rings. The number of hydrogen-bond donors (Lipinski definition) is 1. The second-order valence-corrected chi connectivity index (χ2v) is 10.4. The van der Waals surface area contributed by atoms with Gasteiger partial charge in [-0.1, -0.05) is 29.3 Å². The van der Waals surface area contributed by atoms with Gasteiger partial charge in [0.05, 0.1) is 17.7 Å². The molecule has 5 nitrogen and oxygen atoms in total. The van der Waals surface area contributed by atoms with Crippen molar-refractivity contribution in [3.8, 4) is 0 Å². The predicted molar refractivity (Wildman–Crippen MR) is 136 cm³/mol. The fourth-order valence-electron chi connectivity index (χ4n) is 5.49. The van der Waals surface area contributed by atoms with Crippen molar-refractivity contribution >= 4 is 28.8 Å². The maximum Gasteiger partial charge on any atom is 0.434 e. The molecule has 1 aliphatic carbocycles. The number of aliphatic hydroxyl groups is 1. The average Bonchev–Trinajstić information content (AvgIpc) is 3.45. The molecule has 1 N–H and O–H groups in total. The molecule has 5 rings (SSSR count). The molecule has 1 atom stereocenters. The fourth-order valence-corrected chi connectivity index (χ4v) is 5.87. The predicted octanol–water partition coefficient (Wildman–Crippen LogP) is 5.21. The van der Waals surface area contributed by atoms with E-state index in [1.807, 2.05) is 29.4 Å². The van der Waals surface area contributed by atoms with Crippen LogP contribution < -0.4 is 4.57 Å². The van der Waals surface area contributed by atoms with Gasteiger partial charge in [-0.15, -0.1) is 0 Å². The molecule has 0 amide bonds. The van der Waals surface area contributed by atoms with Crippen molar-refractivity contribution in [1.29, 1.82) is 0 Å². The van der Waals surface area contributed by atoms with Gasteiger partial charge < -0.3 is 5.11 Å². The summed E-state index contributed by atoms with van der Waals surface area (Å²) in [7, 11) is 0. The van der Waals surface area contributed by atoms with Gasteiger partial charge in [0.15, 0.2) is 5.69 Å². The smallest absolute Gasteiger partial charge is 0.392 e. The van der Waals surface area contributed by atoms with Crippen LogP contribution in [-0.2, 0) is 32.1 Å². The van der Waals surface area contributed by atoms with Crippen molar-refractivity contribution in [3.63, 3.8) is 0 Å². The molecule has 0 saturated heterocycles. The zero-order valence-corrected chi connectivity index (χ0v) is 21.7. The number of alkyl halides is 3. The van der Waals surface area contributed by atoms with Crippen LogP contribution in [0.1, 0.15) is 35.4 Å². The van der Waals surface area contributed by atoms with E-state index in [-0.39, 0.29) is 17.7 Å². The molecule has 0 bridgehead atoms. The minimum atomic E-state index is -4.57. The van der Waals surface area contributed by atoms with Gasteiger partial charge in [0, 0.05) is 17.3 Å². The van der Waals surface area contributed by atoms with Gasteiger partial charge in [-0.05, 0) is 78.8 Å². The van der Waals surface area contributed by atoms with Crippen LogP contribution in [0.2, 0.25) is 10.0 Å². The summed E-state index contributed by atoms with van der Waals surface area (Å²) in [6, 6.07) is 9.09. The highest BCUT2D eigenvalue weighted by molar-refractivity contribution is 6.31. The minimum absolute atomic E-state index is 0.0738. The normalized spacial score (nSPS) is 17.8. The molecule has 1 aromatic carbocycles. The third-order valence-electron chi connectivity index (χ3n) is 7.20. The van der Waals surface area contributed by atoms with Crippen molar-refractivity contribution in [2.75, 3.05) is 19.7 Å². The third kappa shape index (κ3) is 5.72. The van der Waals surface area contributed by atoms with E-state index < -0.39 is 11.9 Å². The number of aliphatic hydroxyl groups excluding tert-OH is 1. The number of imidazole rings is 1. The van der Waals surface area contributed by atoms with Gasteiger partial charge in [0.1, 0.15) is 25.5 Å². The summed E-state index contributed by atoms with van der Waals surface area (Å²) in [5.74, 6) is 0. The van der Waals surface area contributed by atoms with Crippen LogP contribution in [-0.4, -0.2) is 45.3 Å². The lowest BCUT2D eigenvalue weighted by molar-refractivity contribution is -0.699. The van der Waals surface area contributed by atoms with Gasteiger partial charge in [0.25, 0.3) is 0 Å². The third-order valence-corrected chi connectivity index (χ3v) is 7.74. The molecular weight excluding hydrogens is 524 g/mol. The van der Waals surface area contributed by atoms with Crippen LogP contribution in [0.5, 0.6) is 0 Å². The standard InChI is InChI=1S/C27H28Cl2F3N4O/c28-19-4-3-18-14-23-21(22(18)15-19)7-9-36(25(23)16-35-11-10-34(17-35)12-13-37)8-1-2-20-5-6-24(29)26(33-20)27(30,31)32/h3-6,10-11,15,17,25,37H,1-2,7-9,12-14,16H2/q+1. The van der Waals surface area contributed by atoms with Crippen molar-refractivity contribution in [2.24, 2.45) is 0 Å². The molecule has 196 valence electrons. The van der Waals surface area contributed by atoms with Gasteiger partial charge in [0.2, 0.25) is 6.33 Å². The molecule has 37 heavy (non-hydrogen) atoms. The van der Waals surface area contributed by atoms with Crippen LogP contribution in [0.15, 0.2) is 54.6 Å². The first kappa shape index (κ1) is 26.2. The first-order valence-electron chi connectivity index (χ1n) is 12.4. The fraction of sp³-hybridized carbons (Fsp3) is 0.407. The number of fused-ring (bicyclic) bond motifs is 2. The monoisotopic (exact) mass is 551 g/mol. The molecule has 1 unspecified atom stereocenters. The number of halogens is 5. The van der Waals surface area contributed by atoms with Gasteiger partial charge in [-0.2, -0.15) is 13.2 Å². The minimum Gasteiger partial charge on any atom is -0.392 e. The van der Waals surface area contributed by atoms with Crippen molar-refractivity contribution < 1.29 is 22.8 Å². The summed E-state index contributed by atoms with van der Waals surface area (Å²) < 4.78 is 43.8. The van der Waals surface area contributed by atoms with Crippen LogP contribution in [0.3, 0.4) is 0 Å². The summed E-state index contributed by atoms with van der Waals surface area (Å²) in [6.07, 6.45) is 4.29. The van der Waals surface area contributed by atoms with Crippen LogP contribution in [0.25, 0.3) is 5.57 Å². The molecular formula is C27H28Cl2F3N4O+. The molecule has 10 heteroatoms. The number of benzene rings is 1. The highest BCUT2D eigenvalue weighted by Gasteiger charge is 2.37. The SMILES string of the molecule is OCCn1cc[n+](CC2C3=C(CCN2CCCc2ccc(Cl)c(C(F)(F)F)n2)c2cc(Cl)ccc2C3)c1. The maximum absolute atomic E-state index is 13.2. The van der Waals surface area contributed by atoms with E-state index in [1.165, 1.54) is 28.3 Å². The number of nitrogens with zero attached hydrogens (tertiary/aromatic N) is 4. The zero-order chi connectivity index (χ0) is 26.2. The quantitative estimate of drug-likeness (QED) is 0.391. The van der Waals surface area contributed by atoms with Gasteiger partial charge >= 0.3 is 6.18 Å². The highest BCUT2D eigenvalue weighted by Crippen LogP contribution is 2.42. The Hall–Kier alpha value is -2.39. The molecule has 0 radical (unpaired) electrons. The summed E-state index contributed by atoms with van der Waals surface area (Å²) >= 11 is 12.0. The van der Waals surface area contributed by atoms with E-state index >= 15 is 0 Å². The van der Waals surface area contributed by atoms with Crippen LogP contribution >= 0.6 is 23.2 Å². The van der Waals surface area contributed by atoms with Crippen LogP contribution in [0, 0.1) is 0 Å². The lowest BCUT2D eigenvalue weighted by Crippen LogP contribution is -2.50.